The molecule has 2 heterocycles. The van der Waals surface area contributed by atoms with E-state index in [9.17, 15) is 4.79 Å². The lowest BCUT2D eigenvalue weighted by Gasteiger charge is -2.18. The predicted molar refractivity (Wildman–Crippen MR) is 66.3 cm³/mol. The van der Waals surface area contributed by atoms with E-state index in [4.69, 9.17) is 4.74 Å². The number of esters is 1. The van der Waals surface area contributed by atoms with Gasteiger partial charge >= 0.3 is 5.97 Å². The lowest BCUT2D eigenvalue weighted by Crippen LogP contribution is -2.24. The summed E-state index contributed by atoms with van der Waals surface area (Å²) >= 11 is 0. The lowest BCUT2D eigenvalue weighted by atomic mass is 10.1. The van der Waals surface area contributed by atoms with Crippen molar-refractivity contribution in [3.63, 3.8) is 0 Å². The largest absolute Gasteiger partial charge is 0.455 e. The topological polar surface area (TPSA) is 69.0 Å². The number of carbonyl (C=O) groups is 1. The summed E-state index contributed by atoms with van der Waals surface area (Å²) in [5, 5.41) is 11.2. The van der Waals surface area contributed by atoms with Gasteiger partial charge in [-0.3, -0.25) is 0 Å². The van der Waals surface area contributed by atoms with Crippen LogP contribution in [0.2, 0.25) is 0 Å². The van der Waals surface area contributed by atoms with Crippen molar-refractivity contribution in [2.75, 3.05) is 13.1 Å². The van der Waals surface area contributed by atoms with Crippen LogP contribution in [0.5, 0.6) is 0 Å². The first kappa shape index (κ1) is 13.0. The van der Waals surface area contributed by atoms with Crippen LogP contribution in [-0.4, -0.2) is 39.7 Å². The van der Waals surface area contributed by atoms with Gasteiger partial charge < -0.3 is 10.1 Å². The molecule has 1 fully saturated rings. The van der Waals surface area contributed by atoms with Gasteiger partial charge in [0.05, 0.1) is 12.2 Å². The van der Waals surface area contributed by atoms with Crippen LogP contribution in [0.4, 0.5) is 0 Å². The third-order valence-electron chi connectivity index (χ3n) is 2.93. The molecule has 0 amide bonds. The molecule has 1 aromatic rings. The average Bonchev–Trinajstić information content (AvgIpc) is 2.82. The zero-order chi connectivity index (χ0) is 13.3. The van der Waals surface area contributed by atoms with E-state index in [1.165, 1.54) is 0 Å². The second-order valence-corrected chi connectivity index (χ2v) is 5.79. The van der Waals surface area contributed by atoms with Crippen molar-refractivity contribution in [1.29, 1.82) is 0 Å². The molecule has 2 atom stereocenters. The minimum absolute atomic E-state index is 0.258. The molecular weight excluding hydrogens is 232 g/mol. The SMILES string of the molecule is C[C@@H]1CNC[C@H]1n1cc(C(=O)OC(C)(C)C)nn1. The van der Waals surface area contributed by atoms with Crippen LogP contribution in [0.25, 0.3) is 0 Å². The lowest BCUT2D eigenvalue weighted by molar-refractivity contribution is 0.00627. The summed E-state index contributed by atoms with van der Waals surface area (Å²) in [7, 11) is 0. The highest BCUT2D eigenvalue weighted by Crippen LogP contribution is 2.21. The van der Waals surface area contributed by atoms with Gasteiger partial charge in [0.15, 0.2) is 5.69 Å². The zero-order valence-corrected chi connectivity index (χ0v) is 11.3. The van der Waals surface area contributed by atoms with Gasteiger partial charge in [0, 0.05) is 6.54 Å². The number of rotatable bonds is 2. The first-order chi connectivity index (χ1) is 8.37. The van der Waals surface area contributed by atoms with Gasteiger partial charge in [-0.15, -0.1) is 5.10 Å². The quantitative estimate of drug-likeness (QED) is 0.796. The monoisotopic (exact) mass is 252 g/mol. The Balaban J connectivity index is 2.08. The summed E-state index contributed by atoms with van der Waals surface area (Å²) < 4.78 is 7.01. The molecule has 6 nitrogen and oxygen atoms in total. The molecule has 0 saturated carbocycles. The summed E-state index contributed by atoms with van der Waals surface area (Å²) in [4.78, 5) is 11.8. The standard InChI is InChI=1S/C12H20N4O2/c1-8-5-13-6-10(8)16-7-9(14-15-16)11(17)18-12(2,3)4/h7-8,10,13H,5-6H2,1-4H3/t8-,10-/m1/s1. The van der Waals surface area contributed by atoms with E-state index >= 15 is 0 Å². The van der Waals surface area contributed by atoms with E-state index in [1.807, 2.05) is 20.8 Å². The number of hydrogen-bond acceptors (Lipinski definition) is 5. The molecule has 100 valence electrons. The first-order valence-electron chi connectivity index (χ1n) is 6.23. The Morgan fingerprint density at radius 1 is 1.50 bits per heavy atom. The fraction of sp³-hybridized carbons (Fsp3) is 0.750. The van der Waals surface area contributed by atoms with Crippen molar-refractivity contribution in [3.8, 4) is 0 Å². The van der Waals surface area contributed by atoms with E-state index in [-0.39, 0.29) is 11.7 Å². The number of hydrogen-bond donors (Lipinski definition) is 1. The smallest absolute Gasteiger partial charge is 0.361 e. The normalized spacial score (nSPS) is 24.2. The summed E-state index contributed by atoms with van der Waals surface area (Å²) in [6, 6.07) is 0.258. The second kappa shape index (κ2) is 4.68. The highest BCUT2D eigenvalue weighted by molar-refractivity contribution is 5.87. The summed E-state index contributed by atoms with van der Waals surface area (Å²) in [6.45, 7) is 9.47. The fourth-order valence-electron chi connectivity index (χ4n) is 2.01. The van der Waals surface area contributed by atoms with Crippen molar-refractivity contribution in [3.05, 3.63) is 11.9 Å². The van der Waals surface area contributed by atoms with Gasteiger partial charge in [0.2, 0.25) is 0 Å². The Labute approximate surface area is 107 Å². The van der Waals surface area contributed by atoms with E-state index < -0.39 is 11.6 Å². The Morgan fingerprint density at radius 2 is 2.22 bits per heavy atom. The molecule has 0 aromatic carbocycles. The van der Waals surface area contributed by atoms with Gasteiger partial charge in [0.1, 0.15) is 5.60 Å². The van der Waals surface area contributed by atoms with Crippen molar-refractivity contribution < 1.29 is 9.53 Å². The maximum Gasteiger partial charge on any atom is 0.361 e. The van der Waals surface area contributed by atoms with Gasteiger partial charge in [0.25, 0.3) is 0 Å². The minimum Gasteiger partial charge on any atom is -0.455 e. The van der Waals surface area contributed by atoms with Crippen LogP contribution in [0, 0.1) is 5.92 Å². The van der Waals surface area contributed by atoms with Crippen molar-refractivity contribution in [2.45, 2.75) is 39.3 Å². The predicted octanol–water partition coefficient (Wildman–Crippen LogP) is 1.01. The molecule has 0 unspecified atom stereocenters. The molecule has 0 aliphatic carbocycles. The highest BCUT2D eigenvalue weighted by Gasteiger charge is 2.27. The number of carbonyl (C=O) groups excluding carboxylic acids is 1. The summed E-state index contributed by atoms with van der Waals surface area (Å²) in [6.07, 6.45) is 1.67. The first-order valence-corrected chi connectivity index (χ1v) is 6.23. The Hall–Kier alpha value is -1.43. The van der Waals surface area contributed by atoms with Crippen LogP contribution >= 0.6 is 0 Å². The molecule has 0 bridgehead atoms. The maximum absolute atomic E-state index is 11.8. The molecule has 1 saturated heterocycles. The second-order valence-electron chi connectivity index (χ2n) is 5.79. The van der Waals surface area contributed by atoms with Crippen LogP contribution in [-0.2, 0) is 4.74 Å². The molecule has 1 aliphatic rings. The Bertz CT molecular complexity index is 436. The van der Waals surface area contributed by atoms with Crippen LogP contribution in [0.15, 0.2) is 6.20 Å². The Kier molecular flexibility index (Phi) is 3.38. The summed E-state index contributed by atoms with van der Waals surface area (Å²) in [5.74, 6) is 0.0607. The van der Waals surface area contributed by atoms with Crippen molar-refractivity contribution in [2.24, 2.45) is 5.92 Å². The van der Waals surface area contributed by atoms with Crippen molar-refractivity contribution >= 4 is 5.97 Å². The van der Waals surface area contributed by atoms with Gasteiger partial charge in [-0.2, -0.15) is 0 Å². The van der Waals surface area contributed by atoms with Gasteiger partial charge in [-0.25, -0.2) is 9.48 Å². The molecule has 6 heteroatoms. The van der Waals surface area contributed by atoms with E-state index in [1.54, 1.807) is 10.9 Å². The van der Waals surface area contributed by atoms with Crippen LogP contribution in [0.1, 0.15) is 44.2 Å². The van der Waals surface area contributed by atoms with Gasteiger partial charge in [-0.1, -0.05) is 12.1 Å². The molecule has 0 spiro atoms. The maximum atomic E-state index is 11.8. The number of aromatic nitrogens is 3. The van der Waals surface area contributed by atoms with Gasteiger partial charge in [-0.05, 0) is 33.2 Å². The molecule has 1 N–H and O–H groups in total. The number of ether oxygens (including phenoxy) is 1. The summed E-state index contributed by atoms with van der Waals surface area (Å²) in [5.41, 5.74) is -0.243. The third-order valence-corrected chi connectivity index (χ3v) is 2.93. The molecule has 1 aliphatic heterocycles. The Morgan fingerprint density at radius 3 is 2.78 bits per heavy atom. The fourth-order valence-corrected chi connectivity index (χ4v) is 2.01. The number of nitrogens with one attached hydrogen (secondary N) is 1. The van der Waals surface area contributed by atoms with E-state index in [2.05, 4.69) is 22.6 Å². The number of nitrogens with zero attached hydrogens (tertiary/aromatic N) is 3. The molecule has 1 aromatic heterocycles. The van der Waals surface area contributed by atoms with Crippen molar-refractivity contribution in [1.82, 2.24) is 20.3 Å². The third kappa shape index (κ3) is 2.87. The van der Waals surface area contributed by atoms with E-state index in [0.717, 1.165) is 13.1 Å². The molecular formula is C12H20N4O2. The molecule has 0 radical (unpaired) electrons. The zero-order valence-electron chi connectivity index (χ0n) is 11.3. The van der Waals surface area contributed by atoms with Crippen LogP contribution in [0.3, 0.4) is 0 Å². The average molecular weight is 252 g/mol. The molecule has 18 heavy (non-hydrogen) atoms. The van der Waals surface area contributed by atoms with E-state index in [0.29, 0.717) is 5.92 Å². The highest BCUT2D eigenvalue weighted by atomic mass is 16.6. The minimum atomic E-state index is -0.511. The molecule has 2 rings (SSSR count). The van der Waals surface area contributed by atoms with Crippen LogP contribution < -0.4 is 5.32 Å².